The summed E-state index contributed by atoms with van der Waals surface area (Å²) in [6, 6.07) is 0.178. The number of nitrogen functional groups attached to an aromatic ring is 1. The summed E-state index contributed by atoms with van der Waals surface area (Å²) >= 11 is 1.42. The van der Waals surface area contributed by atoms with Crippen LogP contribution in [0.2, 0.25) is 0 Å². The van der Waals surface area contributed by atoms with Gasteiger partial charge in [0.2, 0.25) is 0 Å². The number of carbonyl (C=O) groups is 1. The lowest BCUT2D eigenvalue weighted by atomic mass is 10.1. The molecule has 1 aromatic rings. The minimum Gasteiger partial charge on any atom is -0.492 e. The Morgan fingerprint density at radius 3 is 2.68 bits per heavy atom. The van der Waals surface area contributed by atoms with Crippen molar-refractivity contribution >= 4 is 27.8 Å². The summed E-state index contributed by atoms with van der Waals surface area (Å²) in [6.07, 6.45) is 0.953. The molecule has 2 rings (SSSR count). The van der Waals surface area contributed by atoms with Crippen molar-refractivity contribution in [3.05, 3.63) is 4.88 Å². The zero-order valence-corrected chi connectivity index (χ0v) is 12.4. The lowest BCUT2D eigenvalue weighted by Crippen LogP contribution is -2.25. The Hall–Kier alpha value is -1.27. The number of thiophene rings is 1. The van der Waals surface area contributed by atoms with Gasteiger partial charge in [-0.05, 0) is 6.42 Å². The number of carbonyl (C=O) groups excluding carboxylic acids is 1. The molecule has 0 spiro atoms. The molecular formula is C13H21N3O2S. The third-order valence-corrected chi connectivity index (χ3v) is 4.61. The van der Waals surface area contributed by atoms with Gasteiger partial charge in [-0.3, -0.25) is 4.79 Å². The van der Waals surface area contributed by atoms with Crippen molar-refractivity contribution < 1.29 is 9.53 Å². The predicted molar refractivity (Wildman–Crippen MR) is 79.3 cm³/mol. The molecular weight excluding hydrogens is 262 g/mol. The summed E-state index contributed by atoms with van der Waals surface area (Å²) in [5.41, 5.74) is 12.5. The molecule has 6 heteroatoms. The molecule has 4 N–H and O–H groups in total. The Bertz CT molecular complexity index is 484. The maximum absolute atomic E-state index is 12.2. The van der Waals surface area contributed by atoms with E-state index in [2.05, 4.69) is 4.90 Å². The highest BCUT2D eigenvalue weighted by molar-refractivity contribution is 7.19. The van der Waals surface area contributed by atoms with Gasteiger partial charge in [-0.25, -0.2) is 0 Å². The number of nitrogens with zero attached hydrogens (tertiary/aromatic N) is 1. The number of ketones is 1. The second-order valence-electron chi connectivity index (χ2n) is 5.20. The molecule has 1 aliphatic heterocycles. The van der Waals surface area contributed by atoms with Gasteiger partial charge in [0, 0.05) is 25.0 Å². The summed E-state index contributed by atoms with van der Waals surface area (Å²) in [5.74, 6) is 0.609. The summed E-state index contributed by atoms with van der Waals surface area (Å²) in [6.45, 7) is 5.41. The van der Waals surface area contributed by atoms with Crippen molar-refractivity contribution in [1.82, 2.24) is 0 Å². The number of Topliss-reactive ketones (excluding diaryl/α,β-unsaturated/α-hetero) is 1. The molecule has 0 aromatic carbocycles. The maximum Gasteiger partial charge on any atom is 0.177 e. The number of ether oxygens (including phenoxy) is 1. The van der Waals surface area contributed by atoms with E-state index in [4.69, 9.17) is 16.2 Å². The van der Waals surface area contributed by atoms with Gasteiger partial charge >= 0.3 is 0 Å². The van der Waals surface area contributed by atoms with Gasteiger partial charge in [-0.15, -0.1) is 11.3 Å². The summed E-state index contributed by atoms with van der Waals surface area (Å²) in [4.78, 5) is 14.9. The van der Waals surface area contributed by atoms with Gasteiger partial charge in [0.25, 0.3) is 0 Å². The lowest BCUT2D eigenvalue weighted by Gasteiger charge is -2.17. The highest BCUT2D eigenvalue weighted by Crippen LogP contribution is 2.46. The van der Waals surface area contributed by atoms with Gasteiger partial charge < -0.3 is 21.1 Å². The summed E-state index contributed by atoms with van der Waals surface area (Å²) < 4.78 is 5.39. The second-order valence-corrected chi connectivity index (χ2v) is 6.20. The number of hydrogen-bond acceptors (Lipinski definition) is 6. The fourth-order valence-electron chi connectivity index (χ4n) is 2.24. The fraction of sp³-hybridized carbons (Fsp3) is 0.615. The van der Waals surface area contributed by atoms with Crippen LogP contribution in [0.3, 0.4) is 0 Å². The number of anilines is 2. The first kappa shape index (κ1) is 14.1. The molecule has 1 fully saturated rings. The molecule has 106 valence electrons. The predicted octanol–water partition coefficient (Wildman–Crippen LogP) is 1.71. The largest absolute Gasteiger partial charge is 0.492 e. The Morgan fingerprint density at radius 1 is 1.53 bits per heavy atom. The minimum atomic E-state index is -0.0701. The molecule has 0 radical (unpaired) electrons. The smallest absolute Gasteiger partial charge is 0.177 e. The van der Waals surface area contributed by atoms with Crippen LogP contribution in [0.5, 0.6) is 5.75 Å². The van der Waals surface area contributed by atoms with Crippen molar-refractivity contribution in [1.29, 1.82) is 0 Å². The van der Waals surface area contributed by atoms with Crippen LogP contribution in [-0.2, 0) is 0 Å². The zero-order valence-electron chi connectivity index (χ0n) is 11.6. The third-order valence-electron chi connectivity index (χ3n) is 3.35. The van der Waals surface area contributed by atoms with E-state index in [1.807, 2.05) is 13.8 Å². The van der Waals surface area contributed by atoms with Crippen molar-refractivity contribution in [3.8, 4) is 5.75 Å². The van der Waals surface area contributed by atoms with Crippen LogP contribution in [0.25, 0.3) is 0 Å². The molecule has 1 aromatic heterocycles. The monoisotopic (exact) mass is 283 g/mol. The zero-order chi connectivity index (χ0) is 14.2. The van der Waals surface area contributed by atoms with E-state index < -0.39 is 0 Å². The molecule has 5 nitrogen and oxygen atoms in total. The fourth-order valence-corrected chi connectivity index (χ4v) is 3.55. The van der Waals surface area contributed by atoms with Gasteiger partial charge in [-0.2, -0.15) is 0 Å². The van der Waals surface area contributed by atoms with Gasteiger partial charge in [-0.1, -0.05) is 13.8 Å². The molecule has 0 amide bonds. The number of nitrogens with two attached hydrogens (primary N) is 2. The van der Waals surface area contributed by atoms with Crippen LogP contribution in [0, 0.1) is 5.92 Å². The number of methoxy groups -OCH3 is 1. The quantitative estimate of drug-likeness (QED) is 0.822. The van der Waals surface area contributed by atoms with E-state index in [0.29, 0.717) is 16.3 Å². The average Bonchev–Trinajstić information content (AvgIpc) is 2.92. The first-order chi connectivity index (χ1) is 8.95. The Balaban J connectivity index is 2.39. The molecule has 0 bridgehead atoms. The van der Waals surface area contributed by atoms with Crippen molar-refractivity contribution in [2.45, 2.75) is 26.3 Å². The molecule has 19 heavy (non-hydrogen) atoms. The maximum atomic E-state index is 12.2. The van der Waals surface area contributed by atoms with E-state index in [9.17, 15) is 4.79 Å². The Kier molecular flexibility index (Phi) is 4.01. The van der Waals surface area contributed by atoms with E-state index >= 15 is 0 Å². The molecule has 1 unspecified atom stereocenters. The number of rotatable bonds is 4. The normalized spacial score (nSPS) is 19.2. The SMILES string of the molecule is COc1c(N2CCC(N)C2)sc(C(=O)C(C)C)c1N. The van der Waals surface area contributed by atoms with Crippen LogP contribution in [-0.4, -0.2) is 32.0 Å². The molecule has 0 saturated carbocycles. The Labute approximate surface area is 117 Å². The topological polar surface area (TPSA) is 81.6 Å². The van der Waals surface area contributed by atoms with E-state index in [0.717, 1.165) is 24.5 Å². The van der Waals surface area contributed by atoms with E-state index in [-0.39, 0.29) is 17.7 Å². The van der Waals surface area contributed by atoms with Crippen LogP contribution in [0.15, 0.2) is 0 Å². The first-order valence-corrected chi connectivity index (χ1v) is 7.28. The van der Waals surface area contributed by atoms with E-state index in [1.54, 1.807) is 7.11 Å². The first-order valence-electron chi connectivity index (χ1n) is 6.46. The van der Waals surface area contributed by atoms with Crippen molar-refractivity contribution in [3.63, 3.8) is 0 Å². The van der Waals surface area contributed by atoms with Crippen LogP contribution < -0.4 is 21.1 Å². The van der Waals surface area contributed by atoms with Crippen LogP contribution in [0.1, 0.15) is 29.9 Å². The Morgan fingerprint density at radius 2 is 2.21 bits per heavy atom. The molecule has 1 saturated heterocycles. The second kappa shape index (κ2) is 5.38. The minimum absolute atomic E-state index is 0.0653. The summed E-state index contributed by atoms with van der Waals surface area (Å²) in [7, 11) is 1.58. The summed E-state index contributed by atoms with van der Waals surface area (Å²) in [5, 5.41) is 0.928. The van der Waals surface area contributed by atoms with Gasteiger partial charge in [0.05, 0.1) is 17.7 Å². The lowest BCUT2D eigenvalue weighted by molar-refractivity contribution is 0.0944. The molecule has 2 heterocycles. The van der Waals surface area contributed by atoms with Crippen LogP contribution in [0.4, 0.5) is 10.7 Å². The molecule has 1 aliphatic rings. The standard InChI is InChI=1S/C13H21N3O2S/c1-7(2)10(17)12-9(15)11(18-3)13(19-12)16-5-4-8(14)6-16/h7-8H,4-6,14-15H2,1-3H3. The van der Waals surface area contributed by atoms with Crippen molar-refractivity contribution in [2.75, 3.05) is 30.8 Å². The highest BCUT2D eigenvalue weighted by atomic mass is 32.1. The molecule has 0 aliphatic carbocycles. The average molecular weight is 283 g/mol. The highest BCUT2D eigenvalue weighted by Gasteiger charge is 2.29. The number of hydrogen-bond donors (Lipinski definition) is 2. The van der Waals surface area contributed by atoms with Crippen molar-refractivity contribution in [2.24, 2.45) is 11.7 Å². The van der Waals surface area contributed by atoms with Gasteiger partial charge in [0.15, 0.2) is 11.5 Å². The van der Waals surface area contributed by atoms with E-state index in [1.165, 1.54) is 11.3 Å². The molecule has 1 atom stereocenters. The third kappa shape index (κ3) is 2.55. The van der Waals surface area contributed by atoms with Gasteiger partial charge in [0.1, 0.15) is 5.00 Å². The van der Waals surface area contributed by atoms with Crippen LogP contribution >= 0.6 is 11.3 Å².